The van der Waals surface area contributed by atoms with Gasteiger partial charge in [0, 0.05) is 13.2 Å². The van der Waals surface area contributed by atoms with Crippen LogP contribution in [0.5, 0.6) is 0 Å². The molecule has 0 bridgehead atoms. The zero-order valence-corrected chi connectivity index (χ0v) is 17.2. The molecule has 0 saturated carbocycles. The van der Waals surface area contributed by atoms with Crippen LogP contribution in [0, 0.1) is 5.92 Å². The van der Waals surface area contributed by atoms with Crippen LogP contribution in [0.3, 0.4) is 0 Å². The molecular formula is C24H29N3O2. The Morgan fingerprint density at radius 2 is 1.83 bits per heavy atom. The molecule has 0 spiro atoms. The number of rotatable bonds is 6. The number of carbonyl (C=O) groups is 1. The van der Waals surface area contributed by atoms with Crippen molar-refractivity contribution in [2.24, 2.45) is 5.92 Å². The van der Waals surface area contributed by atoms with Crippen molar-refractivity contribution in [2.45, 2.75) is 44.6 Å². The van der Waals surface area contributed by atoms with Crippen LogP contribution in [0.1, 0.15) is 50.5 Å². The fraction of sp³-hybridized carbons (Fsp3) is 0.417. The molecule has 2 N–H and O–H groups in total. The van der Waals surface area contributed by atoms with Gasteiger partial charge >= 0.3 is 0 Å². The van der Waals surface area contributed by atoms with E-state index in [4.69, 9.17) is 9.72 Å². The van der Waals surface area contributed by atoms with Crippen LogP contribution in [0.15, 0.2) is 54.6 Å². The molecule has 0 aliphatic carbocycles. The molecule has 2 atom stereocenters. The lowest BCUT2D eigenvalue weighted by Gasteiger charge is -2.38. The van der Waals surface area contributed by atoms with E-state index in [-0.39, 0.29) is 17.9 Å². The Morgan fingerprint density at radius 1 is 1.14 bits per heavy atom. The summed E-state index contributed by atoms with van der Waals surface area (Å²) in [6, 6.07) is 17.9. The maximum atomic E-state index is 13.7. The maximum Gasteiger partial charge on any atom is 0.231 e. The lowest BCUT2D eigenvalue weighted by atomic mass is 9.73. The number of imidazole rings is 1. The van der Waals surface area contributed by atoms with E-state index in [0.29, 0.717) is 26.1 Å². The van der Waals surface area contributed by atoms with Gasteiger partial charge in [0.15, 0.2) is 0 Å². The van der Waals surface area contributed by atoms with Crippen LogP contribution in [0.2, 0.25) is 0 Å². The summed E-state index contributed by atoms with van der Waals surface area (Å²) in [5.74, 6) is 1.15. The highest BCUT2D eigenvalue weighted by Crippen LogP contribution is 2.36. The normalized spacial score (nSPS) is 18.3. The highest BCUT2D eigenvalue weighted by Gasteiger charge is 2.43. The number of fused-ring (bicyclic) bond motifs is 1. The van der Waals surface area contributed by atoms with Crippen molar-refractivity contribution in [2.75, 3.05) is 13.2 Å². The number of aromatic nitrogens is 2. The Morgan fingerprint density at radius 3 is 2.52 bits per heavy atom. The van der Waals surface area contributed by atoms with Crippen LogP contribution in [-0.2, 0) is 14.9 Å². The average Bonchev–Trinajstić information content (AvgIpc) is 3.21. The smallest absolute Gasteiger partial charge is 0.231 e. The fourth-order valence-electron chi connectivity index (χ4n) is 4.24. The summed E-state index contributed by atoms with van der Waals surface area (Å²) in [7, 11) is 0. The monoisotopic (exact) mass is 391 g/mol. The predicted molar refractivity (Wildman–Crippen MR) is 115 cm³/mol. The van der Waals surface area contributed by atoms with Gasteiger partial charge in [-0.05, 0) is 36.5 Å². The minimum atomic E-state index is -0.558. The van der Waals surface area contributed by atoms with Gasteiger partial charge < -0.3 is 15.0 Å². The van der Waals surface area contributed by atoms with Crippen LogP contribution in [-0.4, -0.2) is 29.1 Å². The second-order valence-corrected chi connectivity index (χ2v) is 8.04. The summed E-state index contributed by atoms with van der Waals surface area (Å²) in [6.07, 6.45) is 2.33. The molecule has 0 unspecified atom stereocenters. The number of H-pyrrole nitrogens is 1. The van der Waals surface area contributed by atoms with Crippen LogP contribution < -0.4 is 5.32 Å². The van der Waals surface area contributed by atoms with Gasteiger partial charge in [0.1, 0.15) is 5.82 Å². The first kappa shape index (κ1) is 19.6. The summed E-state index contributed by atoms with van der Waals surface area (Å²) in [5, 5.41) is 3.37. The van der Waals surface area contributed by atoms with Crippen LogP contribution in [0.25, 0.3) is 11.0 Å². The van der Waals surface area contributed by atoms with Crippen molar-refractivity contribution < 1.29 is 9.53 Å². The molecule has 29 heavy (non-hydrogen) atoms. The number of carbonyl (C=O) groups excluding carboxylic acids is 1. The largest absolute Gasteiger partial charge is 0.381 e. The molecule has 4 rings (SSSR count). The maximum absolute atomic E-state index is 13.7. The van der Waals surface area contributed by atoms with Crippen molar-refractivity contribution >= 4 is 16.9 Å². The minimum Gasteiger partial charge on any atom is -0.381 e. The molecule has 2 aromatic carbocycles. The molecule has 3 aromatic rings. The molecule has 0 radical (unpaired) electrons. The number of para-hydroxylation sites is 2. The molecule has 5 heteroatoms. The predicted octanol–water partition coefficient (Wildman–Crippen LogP) is 4.51. The van der Waals surface area contributed by atoms with E-state index in [1.165, 1.54) is 0 Å². The second-order valence-electron chi connectivity index (χ2n) is 8.04. The molecule has 5 nitrogen and oxygen atoms in total. The molecule has 1 aliphatic rings. The lowest BCUT2D eigenvalue weighted by molar-refractivity contribution is -0.131. The Bertz CT molecular complexity index is 927. The molecule has 1 saturated heterocycles. The summed E-state index contributed by atoms with van der Waals surface area (Å²) in [4.78, 5) is 21.9. The standard InChI is InChI=1S/C24H29N3O2/c1-3-17(2)21(22-25-19-11-7-8-12-20(19)26-22)27-23(28)24(13-15-29-16-14-24)18-9-5-4-6-10-18/h4-12,17,21H,3,13-16H2,1-2H3,(H,25,26)(H,27,28)/t17-,21+/m0/s1. The van der Waals surface area contributed by atoms with Gasteiger partial charge in [-0.25, -0.2) is 4.98 Å². The van der Waals surface area contributed by atoms with Gasteiger partial charge in [-0.3, -0.25) is 4.79 Å². The van der Waals surface area contributed by atoms with E-state index >= 15 is 0 Å². The summed E-state index contributed by atoms with van der Waals surface area (Å²) >= 11 is 0. The lowest BCUT2D eigenvalue weighted by Crippen LogP contribution is -2.50. The Balaban J connectivity index is 1.68. The average molecular weight is 392 g/mol. The zero-order valence-electron chi connectivity index (χ0n) is 17.2. The first-order chi connectivity index (χ1) is 14.1. The number of hydrogen-bond donors (Lipinski definition) is 2. The molecule has 1 fully saturated rings. The van der Waals surface area contributed by atoms with Crippen molar-refractivity contribution in [1.82, 2.24) is 15.3 Å². The quantitative estimate of drug-likeness (QED) is 0.649. The van der Waals surface area contributed by atoms with Gasteiger partial charge in [-0.2, -0.15) is 0 Å². The van der Waals surface area contributed by atoms with Crippen LogP contribution >= 0.6 is 0 Å². The van der Waals surface area contributed by atoms with Crippen LogP contribution in [0.4, 0.5) is 0 Å². The highest BCUT2D eigenvalue weighted by atomic mass is 16.5. The molecule has 2 heterocycles. The van der Waals surface area contributed by atoms with Gasteiger partial charge in [0.2, 0.25) is 5.91 Å². The van der Waals surface area contributed by atoms with E-state index in [1.54, 1.807) is 0 Å². The number of hydrogen-bond acceptors (Lipinski definition) is 3. The summed E-state index contributed by atoms with van der Waals surface area (Å²) < 4.78 is 5.60. The molecule has 1 amide bonds. The highest BCUT2D eigenvalue weighted by molar-refractivity contribution is 5.89. The Labute approximate surface area is 171 Å². The molecular weight excluding hydrogens is 362 g/mol. The minimum absolute atomic E-state index is 0.0674. The summed E-state index contributed by atoms with van der Waals surface area (Å²) in [6.45, 7) is 5.51. The van der Waals surface area contributed by atoms with Crippen molar-refractivity contribution in [3.63, 3.8) is 0 Å². The van der Waals surface area contributed by atoms with E-state index in [1.807, 2.05) is 42.5 Å². The first-order valence-electron chi connectivity index (χ1n) is 10.5. The van der Waals surface area contributed by atoms with E-state index in [2.05, 4.69) is 36.3 Å². The third-order valence-corrected chi connectivity index (χ3v) is 6.31. The van der Waals surface area contributed by atoms with E-state index < -0.39 is 5.41 Å². The van der Waals surface area contributed by atoms with Crippen molar-refractivity contribution in [3.8, 4) is 0 Å². The molecule has 152 valence electrons. The zero-order chi connectivity index (χ0) is 20.3. The van der Waals surface area contributed by atoms with Gasteiger partial charge in [0.25, 0.3) is 0 Å². The van der Waals surface area contributed by atoms with E-state index in [0.717, 1.165) is 28.8 Å². The Kier molecular flexibility index (Phi) is 5.67. The number of aromatic amines is 1. The number of nitrogens with zero attached hydrogens (tertiary/aromatic N) is 1. The van der Waals surface area contributed by atoms with Crippen molar-refractivity contribution in [1.29, 1.82) is 0 Å². The Hall–Kier alpha value is -2.66. The van der Waals surface area contributed by atoms with Gasteiger partial charge in [0.05, 0.1) is 22.5 Å². The second kappa shape index (κ2) is 8.37. The molecule has 1 aliphatic heterocycles. The number of ether oxygens (including phenoxy) is 1. The first-order valence-corrected chi connectivity index (χ1v) is 10.5. The third-order valence-electron chi connectivity index (χ3n) is 6.31. The number of amides is 1. The summed E-state index contributed by atoms with van der Waals surface area (Å²) in [5.41, 5.74) is 2.42. The SMILES string of the molecule is CC[C@H](C)[C@@H](NC(=O)C1(c2ccccc2)CCOCC1)c1nc2ccccc2[nH]1. The fourth-order valence-corrected chi connectivity index (χ4v) is 4.24. The number of nitrogens with one attached hydrogen (secondary N) is 2. The van der Waals surface area contributed by atoms with E-state index in [9.17, 15) is 4.79 Å². The number of benzene rings is 2. The van der Waals surface area contributed by atoms with Crippen molar-refractivity contribution in [3.05, 3.63) is 66.0 Å². The molecule has 1 aromatic heterocycles. The van der Waals surface area contributed by atoms with Gasteiger partial charge in [-0.1, -0.05) is 62.7 Å². The van der Waals surface area contributed by atoms with Gasteiger partial charge in [-0.15, -0.1) is 0 Å². The third kappa shape index (κ3) is 3.79. The topological polar surface area (TPSA) is 67.0 Å².